The van der Waals surface area contributed by atoms with Crippen LogP contribution >= 0.6 is 15.9 Å². The Morgan fingerprint density at radius 3 is 2.59 bits per heavy atom. The van der Waals surface area contributed by atoms with Gasteiger partial charge in [-0.15, -0.1) is 0 Å². The van der Waals surface area contributed by atoms with E-state index in [1.807, 2.05) is 0 Å². The quantitative estimate of drug-likeness (QED) is 0.657. The van der Waals surface area contributed by atoms with E-state index in [9.17, 15) is 14.4 Å². The number of hydrogen-bond acceptors (Lipinski definition) is 7. The Kier molecular flexibility index (Phi) is 5.44. The van der Waals surface area contributed by atoms with Crippen LogP contribution in [0.5, 0.6) is 0 Å². The van der Waals surface area contributed by atoms with Gasteiger partial charge in [-0.25, -0.2) is 9.59 Å². The number of ether oxygens (including phenoxy) is 3. The largest absolute Gasteiger partial charge is 0.462 e. The van der Waals surface area contributed by atoms with E-state index in [0.717, 1.165) is 0 Å². The first-order valence-corrected chi connectivity index (χ1v) is 9.82. The lowest BCUT2D eigenvalue weighted by Crippen LogP contribution is -2.48. The number of esters is 2. The van der Waals surface area contributed by atoms with Crippen LogP contribution < -0.4 is 11.1 Å². The van der Waals surface area contributed by atoms with Crippen LogP contribution in [-0.2, 0) is 34.0 Å². The van der Waals surface area contributed by atoms with Crippen molar-refractivity contribution in [3.05, 3.63) is 51.0 Å². The fourth-order valence-electron chi connectivity index (χ4n) is 3.64. The lowest BCUT2D eigenvalue weighted by atomic mass is 9.67. The Morgan fingerprint density at radius 2 is 1.97 bits per heavy atom. The number of benzene rings is 1. The van der Waals surface area contributed by atoms with Crippen molar-refractivity contribution in [2.24, 2.45) is 5.73 Å². The van der Waals surface area contributed by atoms with E-state index in [4.69, 9.17) is 19.9 Å². The molecule has 0 aromatic heterocycles. The van der Waals surface area contributed by atoms with Crippen molar-refractivity contribution < 1.29 is 28.6 Å². The summed E-state index contributed by atoms with van der Waals surface area (Å²) < 4.78 is 16.7. The molecule has 9 heteroatoms. The number of anilines is 1. The molecular formula is C20H21BrN2O6. The van der Waals surface area contributed by atoms with E-state index in [-0.39, 0.29) is 29.4 Å². The van der Waals surface area contributed by atoms with Gasteiger partial charge in [0.05, 0.1) is 12.7 Å². The Morgan fingerprint density at radius 1 is 1.28 bits per heavy atom. The molecule has 0 saturated heterocycles. The summed E-state index contributed by atoms with van der Waals surface area (Å²) in [6, 6.07) is 5.06. The van der Waals surface area contributed by atoms with E-state index in [1.165, 1.54) is 6.92 Å². The van der Waals surface area contributed by atoms with Gasteiger partial charge in [-0.2, -0.15) is 0 Å². The molecule has 1 aromatic rings. The van der Waals surface area contributed by atoms with Crippen molar-refractivity contribution in [3.8, 4) is 0 Å². The zero-order valence-corrected chi connectivity index (χ0v) is 18.0. The number of nitrogens with two attached hydrogens (primary N) is 1. The molecule has 0 saturated carbocycles. The second kappa shape index (κ2) is 7.55. The molecule has 0 bridgehead atoms. The maximum atomic E-state index is 13.4. The Bertz CT molecular complexity index is 981. The minimum absolute atomic E-state index is 0.0487. The molecule has 29 heavy (non-hydrogen) atoms. The molecule has 2 heterocycles. The standard InChI is InChI=1S/C20H21BrN2O6/c1-5-27-17(24)15-16(22)29-10(4)14(18(25)28-9(2)3)20(15)12-8-11(21)6-7-13(12)23-19(20)26/h6-9H,5,22H2,1-4H3,(H,23,26). The lowest BCUT2D eigenvalue weighted by Gasteiger charge is -2.35. The average Bonchev–Trinajstić information content (AvgIpc) is 2.86. The second-order valence-corrected chi connectivity index (χ2v) is 7.76. The van der Waals surface area contributed by atoms with Gasteiger partial charge in [0.25, 0.3) is 0 Å². The fourth-order valence-corrected chi connectivity index (χ4v) is 4.00. The van der Waals surface area contributed by atoms with Gasteiger partial charge in [0.2, 0.25) is 11.8 Å². The topological polar surface area (TPSA) is 117 Å². The zero-order valence-electron chi connectivity index (χ0n) is 16.4. The fraction of sp³-hybridized carbons (Fsp3) is 0.350. The number of carbonyl (C=O) groups excluding carboxylic acids is 3. The summed E-state index contributed by atoms with van der Waals surface area (Å²) in [5.74, 6) is -2.48. The van der Waals surface area contributed by atoms with Gasteiger partial charge in [0.15, 0.2) is 0 Å². The highest BCUT2D eigenvalue weighted by molar-refractivity contribution is 9.10. The van der Waals surface area contributed by atoms with E-state index in [0.29, 0.717) is 15.7 Å². The number of allylic oxidation sites excluding steroid dienone is 1. The van der Waals surface area contributed by atoms with Crippen LogP contribution in [0.25, 0.3) is 0 Å². The molecule has 0 fully saturated rings. The smallest absolute Gasteiger partial charge is 0.341 e. The number of fused-ring (bicyclic) bond motifs is 2. The van der Waals surface area contributed by atoms with Crippen LogP contribution in [0.2, 0.25) is 0 Å². The summed E-state index contributed by atoms with van der Waals surface area (Å²) >= 11 is 3.38. The summed E-state index contributed by atoms with van der Waals surface area (Å²) in [4.78, 5) is 39.4. The summed E-state index contributed by atoms with van der Waals surface area (Å²) in [6.07, 6.45) is -0.458. The predicted molar refractivity (Wildman–Crippen MR) is 107 cm³/mol. The first-order chi connectivity index (χ1) is 13.6. The molecule has 0 aliphatic carbocycles. The number of hydrogen-bond donors (Lipinski definition) is 2. The summed E-state index contributed by atoms with van der Waals surface area (Å²) in [5.41, 5.74) is 4.65. The van der Waals surface area contributed by atoms with Crippen LogP contribution in [0, 0.1) is 0 Å². The second-order valence-electron chi connectivity index (χ2n) is 6.84. The van der Waals surface area contributed by atoms with Crippen LogP contribution in [0.1, 0.15) is 33.3 Å². The van der Waals surface area contributed by atoms with Crippen molar-refractivity contribution in [2.45, 2.75) is 39.2 Å². The first-order valence-electron chi connectivity index (χ1n) is 9.03. The molecule has 1 amide bonds. The normalized spacial score (nSPS) is 20.6. The molecule has 1 aromatic carbocycles. The third kappa shape index (κ3) is 3.19. The highest BCUT2D eigenvalue weighted by atomic mass is 79.9. The number of rotatable bonds is 4. The number of amides is 1. The summed E-state index contributed by atoms with van der Waals surface area (Å²) in [7, 11) is 0. The van der Waals surface area contributed by atoms with Crippen molar-refractivity contribution in [2.75, 3.05) is 11.9 Å². The van der Waals surface area contributed by atoms with Gasteiger partial charge in [-0.05, 0) is 45.9 Å². The molecule has 3 rings (SSSR count). The molecule has 3 N–H and O–H groups in total. The van der Waals surface area contributed by atoms with E-state index in [1.54, 1.807) is 39.0 Å². The van der Waals surface area contributed by atoms with E-state index < -0.39 is 29.4 Å². The number of carbonyl (C=O) groups is 3. The van der Waals surface area contributed by atoms with Crippen LogP contribution in [0.3, 0.4) is 0 Å². The monoisotopic (exact) mass is 464 g/mol. The van der Waals surface area contributed by atoms with Gasteiger partial charge >= 0.3 is 11.9 Å². The van der Waals surface area contributed by atoms with Crippen LogP contribution in [-0.4, -0.2) is 30.6 Å². The maximum Gasteiger partial charge on any atom is 0.341 e. The minimum atomic E-state index is -1.86. The van der Waals surface area contributed by atoms with Crippen molar-refractivity contribution in [3.63, 3.8) is 0 Å². The molecule has 1 spiro atoms. The van der Waals surface area contributed by atoms with Gasteiger partial charge in [0.1, 0.15) is 22.3 Å². The lowest BCUT2D eigenvalue weighted by molar-refractivity contribution is -0.145. The van der Waals surface area contributed by atoms with Gasteiger partial charge in [-0.3, -0.25) is 4.79 Å². The highest BCUT2D eigenvalue weighted by Gasteiger charge is 2.61. The molecule has 1 unspecified atom stereocenters. The maximum absolute atomic E-state index is 13.4. The molecule has 0 radical (unpaired) electrons. The van der Waals surface area contributed by atoms with Gasteiger partial charge in [0, 0.05) is 15.7 Å². The summed E-state index contributed by atoms with van der Waals surface area (Å²) in [6.45, 7) is 6.53. The Hall–Kier alpha value is -2.81. The SMILES string of the molecule is CCOC(=O)C1=C(N)OC(C)=C(C(=O)OC(C)C)C12C(=O)Nc1ccc(Br)cc12. The number of halogens is 1. The molecule has 8 nitrogen and oxygen atoms in total. The minimum Gasteiger partial charge on any atom is -0.462 e. The van der Waals surface area contributed by atoms with Crippen molar-refractivity contribution in [1.29, 1.82) is 0 Å². The van der Waals surface area contributed by atoms with E-state index in [2.05, 4.69) is 21.2 Å². The highest BCUT2D eigenvalue weighted by Crippen LogP contribution is 2.53. The van der Waals surface area contributed by atoms with Crippen molar-refractivity contribution in [1.82, 2.24) is 0 Å². The average molecular weight is 465 g/mol. The molecule has 2 aliphatic heterocycles. The van der Waals surface area contributed by atoms with Gasteiger partial charge in [-0.1, -0.05) is 15.9 Å². The molecular weight excluding hydrogens is 444 g/mol. The predicted octanol–water partition coefficient (Wildman–Crippen LogP) is 2.63. The Labute approximate surface area is 176 Å². The van der Waals surface area contributed by atoms with Crippen LogP contribution in [0.15, 0.2) is 45.5 Å². The third-order valence-corrected chi connectivity index (χ3v) is 5.11. The third-order valence-electron chi connectivity index (χ3n) is 4.61. The number of nitrogens with one attached hydrogen (secondary N) is 1. The Balaban J connectivity index is 2.38. The molecule has 2 aliphatic rings. The first kappa shape index (κ1) is 20.9. The van der Waals surface area contributed by atoms with Crippen LogP contribution in [0.4, 0.5) is 5.69 Å². The van der Waals surface area contributed by atoms with Crippen molar-refractivity contribution >= 4 is 39.5 Å². The van der Waals surface area contributed by atoms with E-state index >= 15 is 0 Å². The molecule has 154 valence electrons. The summed E-state index contributed by atoms with van der Waals surface area (Å²) in [5, 5.41) is 2.74. The zero-order chi connectivity index (χ0) is 21.5. The molecule has 1 atom stereocenters. The van der Waals surface area contributed by atoms with Gasteiger partial charge < -0.3 is 25.3 Å².